The molecule has 0 aliphatic heterocycles. The van der Waals surface area contributed by atoms with Crippen molar-refractivity contribution in [1.82, 2.24) is 9.97 Å². The van der Waals surface area contributed by atoms with Crippen LogP contribution in [0.25, 0.3) is 0 Å². The van der Waals surface area contributed by atoms with E-state index in [1.807, 2.05) is 0 Å². The number of hydrogen-bond donors (Lipinski definition) is 3. The summed E-state index contributed by atoms with van der Waals surface area (Å²) in [5, 5.41) is 8.42. The van der Waals surface area contributed by atoms with Gasteiger partial charge in [-0.3, -0.25) is 4.79 Å². The van der Waals surface area contributed by atoms with Gasteiger partial charge in [-0.25, -0.2) is 4.98 Å². The van der Waals surface area contributed by atoms with Crippen LogP contribution in [0.15, 0.2) is 12.5 Å². The van der Waals surface area contributed by atoms with E-state index in [2.05, 4.69) is 9.97 Å². The van der Waals surface area contributed by atoms with Crippen LogP contribution < -0.4 is 5.73 Å². The number of aromatic nitrogens is 2. The fourth-order valence-electron chi connectivity index (χ4n) is 0.721. The summed E-state index contributed by atoms with van der Waals surface area (Å²) in [5.74, 6) is -1.00. The average molecular weight is 274 g/mol. The molecule has 0 saturated heterocycles. The number of carboxylic acid groups (broad SMARTS) is 1. The van der Waals surface area contributed by atoms with Gasteiger partial charge in [0.15, 0.2) is 0 Å². The summed E-state index contributed by atoms with van der Waals surface area (Å²) in [6.07, 6.45) is 3.34. The zero-order valence-corrected chi connectivity index (χ0v) is 9.17. The van der Waals surface area contributed by atoms with Crippen molar-refractivity contribution >= 4 is 29.9 Å². The molecule has 12 heavy (non-hydrogen) atoms. The van der Waals surface area contributed by atoms with E-state index < -0.39 is 12.0 Å². The van der Waals surface area contributed by atoms with E-state index in [1.54, 1.807) is 6.20 Å². The van der Waals surface area contributed by atoms with E-state index in [1.165, 1.54) is 6.33 Å². The SMILES string of the molecule is N[C@@H](Cc1cnc[nH]1)C(=O)O.[Sn]. The Morgan fingerprint density at radius 1 is 1.83 bits per heavy atom. The largest absolute Gasteiger partial charge is 0.480 e. The van der Waals surface area contributed by atoms with E-state index in [-0.39, 0.29) is 30.3 Å². The average Bonchev–Trinajstić information content (AvgIpc) is 2.39. The van der Waals surface area contributed by atoms with Crippen molar-refractivity contribution in [2.75, 3.05) is 0 Å². The summed E-state index contributed by atoms with van der Waals surface area (Å²) >= 11 is 0. The second-order valence-corrected chi connectivity index (χ2v) is 2.23. The summed E-state index contributed by atoms with van der Waals surface area (Å²) < 4.78 is 0. The summed E-state index contributed by atoms with van der Waals surface area (Å²) in [5.41, 5.74) is 6.00. The molecule has 0 unspecified atom stereocenters. The van der Waals surface area contributed by atoms with Crippen LogP contribution in [-0.2, 0) is 11.2 Å². The van der Waals surface area contributed by atoms with Crippen LogP contribution in [0.5, 0.6) is 0 Å². The first-order valence-corrected chi connectivity index (χ1v) is 3.16. The van der Waals surface area contributed by atoms with Gasteiger partial charge >= 0.3 is 5.97 Å². The Morgan fingerprint density at radius 3 is 2.92 bits per heavy atom. The Kier molecular flexibility index (Phi) is 4.91. The molecule has 0 saturated carbocycles. The normalized spacial score (nSPS) is 11.8. The fourth-order valence-corrected chi connectivity index (χ4v) is 0.721. The van der Waals surface area contributed by atoms with Crippen molar-refractivity contribution in [3.8, 4) is 0 Å². The summed E-state index contributed by atoms with van der Waals surface area (Å²) in [4.78, 5) is 16.8. The van der Waals surface area contributed by atoms with Gasteiger partial charge < -0.3 is 15.8 Å². The minimum absolute atomic E-state index is 0. The van der Waals surface area contributed by atoms with Gasteiger partial charge in [-0.15, -0.1) is 0 Å². The maximum absolute atomic E-state index is 10.3. The van der Waals surface area contributed by atoms with E-state index in [9.17, 15) is 4.79 Å². The predicted molar refractivity (Wildman–Crippen MR) is 43.7 cm³/mol. The summed E-state index contributed by atoms with van der Waals surface area (Å²) in [7, 11) is 0. The number of nitrogens with two attached hydrogens (primary N) is 1. The molecular formula is C6H9N3O2Sn. The van der Waals surface area contributed by atoms with Gasteiger partial charge in [0, 0.05) is 42.2 Å². The molecule has 1 heterocycles. The molecule has 0 spiro atoms. The van der Waals surface area contributed by atoms with Crippen molar-refractivity contribution < 1.29 is 9.90 Å². The number of nitrogens with zero attached hydrogens (tertiary/aromatic N) is 1. The molecular weight excluding hydrogens is 265 g/mol. The topological polar surface area (TPSA) is 92.0 Å². The molecule has 1 aromatic rings. The summed E-state index contributed by atoms with van der Waals surface area (Å²) in [6.45, 7) is 0. The molecule has 1 aromatic heterocycles. The zero-order chi connectivity index (χ0) is 8.27. The van der Waals surface area contributed by atoms with Gasteiger partial charge in [0.2, 0.25) is 0 Å². The Morgan fingerprint density at radius 2 is 2.50 bits per heavy atom. The smallest absolute Gasteiger partial charge is 0.320 e. The number of nitrogens with one attached hydrogen (secondary N) is 1. The van der Waals surface area contributed by atoms with Gasteiger partial charge in [-0.2, -0.15) is 0 Å². The monoisotopic (exact) mass is 275 g/mol. The first-order chi connectivity index (χ1) is 5.20. The number of carboxylic acids is 1. The molecule has 64 valence electrons. The zero-order valence-electron chi connectivity index (χ0n) is 6.32. The van der Waals surface area contributed by atoms with E-state index in [0.29, 0.717) is 0 Å². The third-order valence-electron chi connectivity index (χ3n) is 1.31. The van der Waals surface area contributed by atoms with E-state index in [4.69, 9.17) is 10.8 Å². The maximum Gasteiger partial charge on any atom is 0.320 e. The minimum Gasteiger partial charge on any atom is -0.480 e. The van der Waals surface area contributed by atoms with Crippen molar-refractivity contribution in [3.63, 3.8) is 0 Å². The minimum atomic E-state index is -1.00. The fraction of sp³-hybridized carbons (Fsp3) is 0.333. The third kappa shape index (κ3) is 3.22. The van der Waals surface area contributed by atoms with Crippen LogP contribution in [0.2, 0.25) is 0 Å². The van der Waals surface area contributed by atoms with Gasteiger partial charge in [0.1, 0.15) is 6.04 Å². The van der Waals surface area contributed by atoms with E-state index in [0.717, 1.165) is 5.69 Å². The van der Waals surface area contributed by atoms with Crippen LogP contribution >= 0.6 is 0 Å². The van der Waals surface area contributed by atoms with Gasteiger partial charge in [0.05, 0.1) is 6.33 Å². The van der Waals surface area contributed by atoms with Crippen LogP contribution in [0.1, 0.15) is 5.69 Å². The molecule has 0 fully saturated rings. The van der Waals surface area contributed by atoms with Gasteiger partial charge in [0.25, 0.3) is 0 Å². The van der Waals surface area contributed by atoms with Gasteiger partial charge in [-0.1, -0.05) is 0 Å². The Bertz CT molecular complexity index is 237. The second-order valence-electron chi connectivity index (χ2n) is 2.23. The van der Waals surface area contributed by atoms with Crippen LogP contribution in [0.4, 0.5) is 0 Å². The predicted octanol–water partition coefficient (Wildman–Crippen LogP) is -1.02. The number of hydrogen-bond acceptors (Lipinski definition) is 3. The quantitative estimate of drug-likeness (QED) is 0.615. The van der Waals surface area contributed by atoms with Crippen LogP contribution in [0, 0.1) is 0 Å². The standard InChI is InChI=1S/C6H9N3O2.Sn/c7-5(6(10)11)1-4-2-8-3-9-4;/h2-3,5H,1,7H2,(H,8,9)(H,10,11);/t5-;/m0./s1. The van der Waals surface area contributed by atoms with Crippen molar-refractivity contribution in [2.24, 2.45) is 5.73 Å². The molecule has 1 atom stereocenters. The molecule has 0 aromatic carbocycles. The number of aliphatic carboxylic acids is 1. The van der Waals surface area contributed by atoms with Crippen molar-refractivity contribution in [1.29, 1.82) is 0 Å². The number of aromatic amines is 1. The van der Waals surface area contributed by atoms with Crippen molar-refractivity contribution in [3.05, 3.63) is 18.2 Å². The molecule has 0 amide bonds. The second kappa shape index (κ2) is 5.15. The molecule has 4 radical (unpaired) electrons. The molecule has 1 rings (SSSR count). The molecule has 6 heteroatoms. The van der Waals surface area contributed by atoms with E-state index >= 15 is 0 Å². The first kappa shape index (κ1) is 11.4. The number of H-pyrrole nitrogens is 1. The maximum atomic E-state index is 10.3. The Hall–Kier alpha value is -0.561. The number of imidazole rings is 1. The molecule has 5 nitrogen and oxygen atoms in total. The van der Waals surface area contributed by atoms with Crippen LogP contribution in [-0.4, -0.2) is 51.0 Å². The first-order valence-electron chi connectivity index (χ1n) is 3.16. The molecule has 4 N–H and O–H groups in total. The third-order valence-corrected chi connectivity index (χ3v) is 1.31. The number of carbonyl (C=O) groups is 1. The van der Waals surface area contributed by atoms with Gasteiger partial charge in [-0.05, 0) is 0 Å². The number of rotatable bonds is 3. The van der Waals surface area contributed by atoms with Crippen LogP contribution in [0.3, 0.4) is 0 Å². The van der Waals surface area contributed by atoms with Crippen molar-refractivity contribution in [2.45, 2.75) is 12.5 Å². The summed E-state index contributed by atoms with van der Waals surface area (Å²) in [6, 6.07) is -0.851. The Balaban J connectivity index is 0.00000121. The molecule has 0 bridgehead atoms. The Labute approximate surface area is 86.3 Å². The molecule has 0 aliphatic rings. The molecule has 0 aliphatic carbocycles.